The van der Waals surface area contributed by atoms with Gasteiger partial charge in [0.2, 0.25) is 0 Å². The number of nitrogens with one attached hydrogen (secondary N) is 1. The number of carbonyl (C=O) groups excluding carboxylic acids is 2. The van der Waals surface area contributed by atoms with Gasteiger partial charge in [-0.15, -0.1) is 0 Å². The van der Waals surface area contributed by atoms with E-state index in [9.17, 15) is 9.59 Å². The third kappa shape index (κ3) is 3.29. The number of rotatable bonds is 4. The Morgan fingerprint density at radius 3 is 2.26 bits per heavy atom. The Labute approximate surface area is 119 Å². The zero-order valence-electron chi connectivity index (χ0n) is 10.1. The largest absolute Gasteiger partial charge is 0.321 e. The summed E-state index contributed by atoms with van der Waals surface area (Å²) in [6, 6.07) is 15.9. The maximum absolute atomic E-state index is 12.0. The van der Waals surface area contributed by atoms with E-state index in [1.165, 1.54) is 0 Å². The SMILES string of the molecule is O=C(Nc1ccccc1C(=O)CBr)c1ccccc1. The number of ketones is 1. The predicted molar refractivity (Wildman–Crippen MR) is 79.0 cm³/mol. The zero-order valence-corrected chi connectivity index (χ0v) is 11.7. The molecule has 0 unspecified atom stereocenters. The highest BCUT2D eigenvalue weighted by molar-refractivity contribution is 9.09. The molecule has 0 heterocycles. The lowest BCUT2D eigenvalue weighted by molar-refractivity contribution is 0.102. The molecule has 96 valence electrons. The van der Waals surface area contributed by atoms with E-state index >= 15 is 0 Å². The van der Waals surface area contributed by atoms with Gasteiger partial charge in [0.1, 0.15) is 0 Å². The number of benzene rings is 2. The first-order valence-corrected chi connectivity index (χ1v) is 6.89. The van der Waals surface area contributed by atoms with E-state index in [0.29, 0.717) is 16.8 Å². The Hall–Kier alpha value is -1.94. The van der Waals surface area contributed by atoms with Crippen molar-refractivity contribution in [2.24, 2.45) is 0 Å². The summed E-state index contributed by atoms with van der Waals surface area (Å²) >= 11 is 3.13. The molecule has 0 bridgehead atoms. The molecule has 0 fully saturated rings. The standard InChI is InChI=1S/C15H12BrNO2/c16-10-14(18)12-8-4-5-9-13(12)17-15(19)11-6-2-1-3-7-11/h1-9H,10H2,(H,17,19). The Morgan fingerprint density at radius 1 is 0.947 bits per heavy atom. The number of anilines is 1. The van der Waals surface area contributed by atoms with Gasteiger partial charge in [-0.2, -0.15) is 0 Å². The number of alkyl halides is 1. The minimum Gasteiger partial charge on any atom is -0.321 e. The Kier molecular flexibility index (Phi) is 4.47. The van der Waals surface area contributed by atoms with E-state index in [2.05, 4.69) is 21.2 Å². The van der Waals surface area contributed by atoms with Crippen LogP contribution in [0.15, 0.2) is 54.6 Å². The topological polar surface area (TPSA) is 46.2 Å². The molecule has 0 spiro atoms. The van der Waals surface area contributed by atoms with Crippen molar-refractivity contribution in [3.8, 4) is 0 Å². The van der Waals surface area contributed by atoms with Crippen molar-refractivity contribution in [3.63, 3.8) is 0 Å². The number of carbonyl (C=O) groups is 2. The van der Waals surface area contributed by atoms with Crippen LogP contribution in [0.25, 0.3) is 0 Å². The molecule has 4 heteroatoms. The quantitative estimate of drug-likeness (QED) is 0.692. The molecule has 1 N–H and O–H groups in total. The average Bonchev–Trinajstić information content (AvgIpc) is 2.48. The fraction of sp³-hybridized carbons (Fsp3) is 0.0667. The van der Waals surface area contributed by atoms with Crippen LogP contribution in [0.1, 0.15) is 20.7 Å². The number of Topliss-reactive ketones (excluding diaryl/α,β-unsaturated/α-hetero) is 1. The second-order valence-corrected chi connectivity index (χ2v) is 4.48. The van der Waals surface area contributed by atoms with Crippen molar-refractivity contribution in [1.29, 1.82) is 0 Å². The molecule has 0 saturated carbocycles. The summed E-state index contributed by atoms with van der Waals surface area (Å²) in [5, 5.41) is 2.99. The third-order valence-corrected chi connectivity index (χ3v) is 3.14. The fourth-order valence-corrected chi connectivity index (χ4v) is 1.99. The smallest absolute Gasteiger partial charge is 0.255 e. The van der Waals surface area contributed by atoms with Gasteiger partial charge < -0.3 is 5.32 Å². The van der Waals surface area contributed by atoms with E-state index in [-0.39, 0.29) is 17.0 Å². The number of amides is 1. The summed E-state index contributed by atoms with van der Waals surface area (Å²) in [7, 11) is 0. The predicted octanol–water partition coefficient (Wildman–Crippen LogP) is 3.52. The molecule has 0 aliphatic rings. The van der Waals surface area contributed by atoms with Gasteiger partial charge in [-0.3, -0.25) is 9.59 Å². The van der Waals surface area contributed by atoms with Crippen LogP contribution >= 0.6 is 15.9 Å². The van der Waals surface area contributed by atoms with E-state index in [0.717, 1.165) is 0 Å². The van der Waals surface area contributed by atoms with E-state index < -0.39 is 0 Å². The first kappa shape index (κ1) is 13.5. The number of hydrogen-bond donors (Lipinski definition) is 1. The number of hydrogen-bond acceptors (Lipinski definition) is 2. The van der Waals surface area contributed by atoms with E-state index in [1.54, 1.807) is 48.5 Å². The van der Waals surface area contributed by atoms with E-state index in [1.807, 2.05) is 6.07 Å². The minimum absolute atomic E-state index is 0.0658. The van der Waals surface area contributed by atoms with Crippen molar-refractivity contribution >= 4 is 33.3 Å². The van der Waals surface area contributed by atoms with Gasteiger partial charge in [-0.05, 0) is 24.3 Å². The summed E-state index contributed by atoms with van der Waals surface area (Å²) < 4.78 is 0. The second-order valence-electron chi connectivity index (χ2n) is 3.92. The van der Waals surface area contributed by atoms with E-state index in [4.69, 9.17) is 0 Å². The highest BCUT2D eigenvalue weighted by atomic mass is 79.9. The summed E-state index contributed by atoms with van der Waals surface area (Å²) in [5.74, 6) is -0.292. The molecule has 2 aromatic rings. The molecular weight excluding hydrogens is 306 g/mol. The van der Waals surface area contributed by atoms with Gasteiger partial charge in [-0.1, -0.05) is 46.3 Å². The van der Waals surface area contributed by atoms with Crippen molar-refractivity contribution in [1.82, 2.24) is 0 Å². The highest BCUT2D eigenvalue weighted by Gasteiger charge is 2.12. The van der Waals surface area contributed by atoms with Crippen LogP contribution < -0.4 is 5.32 Å². The van der Waals surface area contributed by atoms with Gasteiger partial charge in [0.25, 0.3) is 5.91 Å². The fourth-order valence-electron chi connectivity index (χ4n) is 1.69. The van der Waals surface area contributed by atoms with Crippen molar-refractivity contribution in [2.75, 3.05) is 10.6 Å². The summed E-state index contributed by atoms with van der Waals surface area (Å²) in [5.41, 5.74) is 1.59. The first-order valence-electron chi connectivity index (χ1n) is 5.77. The molecule has 3 nitrogen and oxygen atoms in total. The lowest BCUT2D eigenvalue weighted by Gasteiger charge is -2.09. The van der Waals surface area contributed by atoms with Crippen LogP contribution in [0.3, 0.4) is 0 Å². The average molecular weight is 318 g/mol. The third-order valence-electron chi connectivity index (χ3n) is 2.63. The Morgan fingerprint density at radius 2 is 1.58 bits per heavy atom. The molecule has 0 aliphatic heterocycles. The highest BCUT2D eigenvalue weighted by Crippen LogP contribution is 2.17. The van der Waals surface area contributed by atoms with Crippen LogP contribution in [-0.2, 0) is 0 Å². The van der Waals surface area contributed by atoms with Gasteiger partial charge in [-0.25, -0.2) is 0 Å². The summed E-state index contributed by atoms with van der Waals surface area (Å²) in [6.07, 6.45) is 0. The van der Waals surface area contributed by atoms with Crippen LogP contribution in [0, 0.1) is 0 Å². The molecule has 0 radical (unpaired) electrons. The lowest BCUT2D eigenvalue weighted by atomic mass is 10.1. The van der Waals surface area contributed by atoms with Crippen molar-refractivity contribution in [2.45, 2.75) is 0 Å². The summed E-state index contributed by atoms with van der Waals surface area (Å²) in [6.45, 7) is 0. The molecule has 19 heavy (non-hydrogen) atoms. The molecule has 0 aliphatic carbocycles. The van der Waals surface area contributed by atoms with Gasteiger partial charge in [0.15, 0.2) is 5.78 Å². The van der Waals surface area contributed by atoms with Gasteiger partial charge >= 0.3 is 0 Å². The molecule has 0 atom stereocenters. The number of halogens is 1. The first-order chi connectivity index (χ1) is 9.22. The van der Waals surface area contributed by atoms with Crippen LogP contribution in [0.5, 0.6) is 0 Å². The molecule has 0 saturated heterocycles. The van der Waals surface area contributed by atoms with Crippen LogP contribution in [-0.4, -0.2) is 17.0 Å². The maximum atomic E-state index is 12.0. The normalized spacial score (nSPS) is 9.95. The second kappa shape index (κ2) is 6.29. The number of para-hydroxylation sites is 1. The molecule has 2 rings (SSSR count). The Bertz CT molecular complexity index is 596. The molecule has 0 aromatic heterocycles. The monoisotopic (exact) mass is 317 g/mol. The molecular formula is C15H12BrNO2. The van der Waals surface area contributed by atoms with Crippen molar-refractivity contribution < 1.29 is 9.59 Å². The van der Waals surface area contributed by atoms with Crippen molar-refractivity contribution in [3.05, 3.63) is 65.7 Å². The Balaban J connectivity index is 2.25. The van der Waals surface area contributed by atoms with Crippen LogP contribution in [0.4, 0.5) is 5.69 Å². The summed E-state index contributed by atoms with van der Waals surface area (Å²) in [4.78, 5) is 23.8. The van der Waals surface area contributed by atoms with Crippen LogP contribution in [0.2, 0.25) is 0 Å². The maximum Gasteiger partial charge on any atom is 0.255 e. The minimum atomic E-state index is -0.226. The van der Waals surface area contributed by atoms with Gasteiger partial charge in [0, 0.05) is 11.1 Å². The lowest BCUT2D eigenvalue weighted by Crippen LogP contribution is -2.15. The molecule has 1 amide bonds. The van der Waals surface area contributed by atoms with Gasteiger partial charge in [0.05, 0.1) is 11.0 Å². The molecule has 2 aromatic carbocycles. The zero-order chi connectivity index (χ0) is 13.7.